The van der Waals surface area contributed by atoms with Crippen LogP contribution in [0.25, 0.3) is 0 Å². The number of rotatable bonds is 6. The fourth-order valence-corrected chi connectivity index (χ4v) is 3.26. The zero-order valence-electron chi connectivity index (χ0n) is 12.6. The van der Waals surface area contributed by atoms with Gasteiger partial charge in [0, 0.05) is 34.4 Å². The highest BCUT2D eigenvalue weighted by Crippen LogP contribution is 2.24. The van der Waals surface area contributed by atoms with Crippen molar-refractivity contribution in [1.82, 2.24) is 10.2 Å². The van der Waals surface area contributed by atoms with Gasteiger partial charge in [0.25, 0.3) is 0 Å². The average molecular weight is 274 g/mol. The fourth-order valence-electron chi connectivity index (χ4n) is 2.82. The standard InChI is InChI=1S/C14H30N2OS/c1-6-15-14-8-10-16(13(4)12(14)3)9-7-11(2)18(5)17/h11-15H,6-10H2,1-5H3. The van der Waals surface area contributed by atoms with Gasteiger partial charge in [-0.2, -0.15) is 0 Å². The topological polar surface area (TPSA) is 32.3 Å². The molecule has 1 heterocycles. The monoisotopic (exact) mass is 274 g/mol. The zero-order valence-corrected chi connectivity index (χ0v) is 13.4. The maximum absolute atomic E-state index is 11.4. The number of hydrogen-bond donors (Lipinski definition) is 1. The Balaban J connectivity index is 2.43. The third-order valence-electron chi connectivity index (χ3n) is 4.55. The van der Waals surface area contributed by atoms with Crippen molar-refractivity contribution >= 4 is 10.8 Å². The van der Waals surface area contributed by atoms with Crippen LogP contribution in [0.3, 0.4) is 0 Å². The van der Waals surface area contributed by atoms with Crippen LogP contribution in [-0.4, -0.2) is 52.3 Å². The van der Waals surface area contributed by atoms with E-state index in [2.05, 4.69) is 37.9 Å². The van der Waals surface area contributed by atoms with Crippen LogP contribution in [0.2, 0.25) is 0 Å². The van der Waals surface area contributed by atoms with Gasteiger partial charge in [0.15, 0.2) is 0 Å². The maximum Gasteiger partial charge on any atom is 0.0329 e. The molecule has 0 aliphatic carbocycles. The summed E-state index contributed by atoms with van der Waals surface area (Å²) in [6.07, 6.45) is 4.10. The van der Waals surface area contributed by atoms with Gasteiger partial charge >= 0.3 is 0 Å². The molecule has 18 heavy (non-hydrogen) atoms. The predicted molar refractivity (Wildman–Crippen MR) is 80.4 cm³/mol. The van der Waals surface area contributed by atoms with Crippen LogP contribution in [0.1, 0.15) is 40.5 Å². The van der Waals surface area contributed by atoms with Crippen molar-refractivity contribution < 1.29 is 4.21 Å². The summed E-state index contributed by atoms with van der Waals surface area (Å²) in [5.41, 5.74) is 0. The first-order chi connectivity index (χ1) is 8.47. The van der Waals surface area contributed by atoms with Crippen molar-refractivity contribution in [3.8, 4) is 0 Å². The smallest absolute Gasteiger partial charge is 0.0329 e. The molecule has 0 aromatic carbocycles. The molecule has 3 nitrogen and oxygen atoms in total. The summed E-state index contributed by atoms with van der Waals surface area (Å²) in [7, 11) is -0.684. The van der Waals surface area contributed by atoms with Crippen LogP contribution in [0, 0.1) is 5.92 Å². The highest BCUT2D eigenvalue weighted by atomic mass is 32.2. The van der Waals surface area contributed by atoms with Crippen molar-refractivity contribution in [3.63, 3.8) is 0 Å². The average Bonchev–Trinajstić information content (AvgIpc) is 2.33. The highest BCUT2D eigenvalue weighted by Gasteiger charge is 2.31. The van der Waals surface area contributed by atoms with Crippen molar-refractivity contribution in [3.05, 3.63) is 0 Å². The first kappa shape index (κ1) is 16.1. The van der Waals surface area contributed by atoms with E-state index in [0.29, 0.717) is 23.3 Å². The molecule has 0 radical (unpaired) electrons. The predicted octanol–water partition coefficient (Wildman–Crippen LogP) is 1.85. The lowest BCUT2D eigenvalue weighted by atomic mass is 9.87. The van der Waals surface area contributed by atoms with Crippen LogP contribution in [0.15, 0.2) is 0 Å². The van der Waals surface area contributed by atoms with E-state index < -0.39 is 10.8 Å². The minimum Gasteiger partial charge on any atom is -0.314 e. The molecule has 0 aromatic heterocycles. The lowest BCUT2D eigenvalue weighted by Gasteiger charge is -2.43. The van der Waals surface area contributed by atoms with Crippen LogP contribution in [0.4, 0.5) is 0 Å². The molecular formula is C14H30N2OS. The minimum atomic E-state index is -0.684. The second kappa shape index (κ2) is 7.61. The third-order valence-corrected chi connectivity index (χ3v) is 5.92. The summed E-state index contributed by atoms with van der Waals surface area (Å²) in [4.78, 5) is 2.57. The van der Waals surface area contributed by atoms with Gasteiger partial charge in [0.1, 0.15) is 0 Å². The van der Waals surface area contributed by atoms with Crippen molar-refractivity contribution in [2.45, 2.75) is 57.9 Å². The van der Waals surface area contributed by atoms with E-state index in [1.54, 1.807) is 0 Å². The van der Waals surface area contributed by atoms with E-state index >= 15 is 0 Å². The molecule has 0 amide bonds. The van der Waals surface area contributed by atoms with E-state index in [1.165, 1.54) is 13.0 Å². The van der Waals surface area contributed by atoms with Gasteiger partial charge in [0.05, 0.1) is 0 Å². The first-order valence-electron chi connectivity index (χ1n) is 7.27. The first-order valence-corrected chi connectivity index (χ1v) is 8.89. The molecule has 0 saturated carbocycles. The lowest BCUT2D eigenvalue weighted by Crippen LogP contribution is -2.53. The van der Waals surface area contributed by atoms with Crippen molar-refractivity contribution in [2.75, 3.05) is 25.9 Å². The number of nitrogens with one attached hydrogen (secondary N) is 1. The van der Waals surface area contributed by atoms with E-state index in [9.17, 15) is 4.21 Å². The van der Waals surface area contributed by atoms with Gasteiger partial charge in [-0.25, -0.2) is 0 Å². The number of hydrogen-bond acceptors (Lipinski definition) is 3. The van der Waals surface area contributed by atoms with Gasteiger partial charge in [-0.1, -0.05) is 20.8 Å². The fraction of sp³-hybridized carbons (Fsp3) is 1.00. The van der Waals surface area contributed by atoms with Gasteiger partial charge in [-0.3, -0.25) is 4.21 Å². The molecular weight excluding hydrogens is 244 g/mol. The summed E-state index contributed by atoms with van der Waals surface area (Å²) < 4.78 is 11.4. The number of likely N-dealkylation sites (tertiary alicyclic amines) is 1. The Morgan fingerprint density at radius 2 is 2.11 bits per heavy atom. The second-order valence-electron chi connectivity index (χ2n) is 5.69. The van der Waals surface area contributed by atoms with Gasteiger partial charge in [0.2, 0.25) is 0 Å². The summed E-state index contributed by atoms with van der Waals surface area (Å²) in [5.74, 6) is 0.695. The SMILES string of the molecule is CCNC1CCN(CCC(C)S(C)=O)C(C)C1C. The molecule has 1 saturated heterocycles. The van der Waals surface area contributed by atoms with Crippen LogP contribution in [-0.2, 0) is 10.8 Å². The van der Waals surface area contributed by atoms with Gasteiger partial charge < -0.3 is 10.2 Å². The molecule has 0 aromatic rings. The van der Waals surface area contributed by atoms with E-state index in [0.717, 1.165) is 19.5 Å². The minimum absolute atomic E-state index is 0.319. The van der Waals surface area contributed by atoms with Crippen LogP contribution in [0.5, 0.6) is 0 Å². The molecule has 0 bridgehead atoms. The Kier molecular flexibility index (Phi) is 6.82. The Hall–Kier alpha value is 0.0700. The second-order valence-corrected chi connectivity index (χ2v) is 7.49. The summed E-state index contributed by atoms with van der Waals surface area (Å²) in [6, 6.07) is 1.29. The summed E-state index contributed by atoms with van der Waals surface area (Å²) in [5, 5.41) is 3.91. The zero-order chi connectivity index (χ0) is 13.7. The Morgan fingerprint density at radius 1 is 1.44 bits per heavy atom. The quantitative estimate of drug-likeness (QED) is 0.802. The Morgan fingerprint density at radius 3 is 2.67 bits per heavy atom. The molecule has 5 unspecified atom stereocenters. The van der Waals surface area contributed by atoms with Crippen LogP contribution >= 0.6 is 0 Å². The highest BCUT2D eigenvalue weighted by molar-refractivity contribution is 7.84. The van der Waals surface area contributed by atoms with Crippen LogP contribution < -0.4 is 5.32 Å². The molecule has 1 rings (SSSR count). The maximum atomic E-state index is 11.4. The number of piperidine rings is 1. The van der Waals surface area contributed by atoms with E-state index in [1.807, 2.05) is 6.26 Å². The normalized spacial score (nSPS) is 33.3. The summed E-state index contributed by atoms with van der Waals surface area (Å²) in [6.45, 7) is 12.3. The largest absolute Gasteiger partial charge is 0.314 e. The Labute approximate surface area is 115 Å². The van der Waals surface area contributed by atoms with E-state index in [-0.39, 0.29) is 0 Å². The number of nitrogens with zero attached hydrogens (tertiary/aromatic N) is 1. The molecule has 108 valence electrons. The lowest BCUT2D eigenvalue weighted by molar-refractivity contribution is 0.0847. The molecule has 1 fully saturated rings. The van der Waals surface area contributed by atoms with Crippen molar-refractivity contribution in [2.24, 2.45) is 5.92 Å². The van der Waals surface area contributed by atoms with E-state index in [4.69, 9.17) is 0 Å². The van der Waals surface area contributed by atoms with Crippen molar-refractivity contribution in [1.29, 1.82) is 0 Å². The molecule has 0 spiro atoms. The van der Waals surface area contributed by atoms with Gasteiger partial charge in [-0.15, -0.1) is 0 Å². The van der Waals surface area contributed by atoms with Gasteiger partial charge in [-0.05, 0) is 45.3 Å². The molecule has 4 heteroatoms. The molecule has 1 aliphatic rings. The summed E-state index contributed by atoms with van der Waals surface area (Å²) >= 11 is 0. The molecule has 1 N–H and O–H groups in total. The molecule has 1 aliphatic heterocycles. The third kappa shape index (κ3) is 4.32. The Bertz CT molecular complexity index is 273. The molecule has 5 atom stereocenters.